The third-order valence-corrected chi connectivity index (χ3v) is 5.37. The minimum absolute atomic E-state index is 0.476. The van der Waals surface area contributed by atoms with Gasteiger partial charge in [0.05, 0.1) is 12.6 Å². The van der Waals surface area contributed by atoms with Crippen LogP contribution in [-0.2, 0) is 0 Å². The average molecular weight is 409 g/mol. The van der Waals surface area contributed by atoms with Crippen molar-refractivity contribution in [1.82, 2.24) is 19.6 Å². The highest BCUT2D eigenvalue weighted by atomic mass is 16.5. The van der Waals surface area contributed by atoms with Crippen LogP contribution in [0.5, 0.6) is 5.75 Å². The van der Waals surface area contributed by atoms with Crippen LogP contribution >= 0.6 is 0 Å². The molecular formula is C24H19N5O2. The first-order chi connectivity index (χ1) is 15.2. The monoisotopic (exact) mass is 409 g/mol. The summed E-state index contributed by atoms with van der Waals surface area (Å²) in [7, 11) is 3.63. The van der Waals surface area contributed by atoms with Crippen molar-refractivity contribution < 1.29 is 9.53 Å². The number of ether oxygens (including phenoxy) is 1. The van der Waals surface area contributed by atoms with E-state index in [9.17, 15) is 4.79 Å². The number of aldehydes is 1. The molecule has 0 aliphatic heterocycles. The van der Waals surface area contributed by atoms with Crippen LogP contribution < -0.4 is 9.64 Å². The number of carbonyl (C=O) groups is 1. The molecule has 0 spiro atoms. The predicted molar refractivity (Wildman–Crippen MR) is 120 cm³/mol. The van der Waals surface area contributed by atoms with Gasteiger partial charge in [0.25, 0.3) is 5.78 Å². The summed E-state index contributed by atoms with van der Waals surface area (Å²) in [5.74, 6) is 2.03. The summed E-state index contributed by atoms with van der Waals surface area (Å²) in [6.07, 6.45) is 2.44. The second-order valence-electron chi connectivity index (χ2n) is 7.17. The first-order valence-corrected chi connectivity index (χ1v) is 9.75. The van der Waals surface area contributed by atoms with Crippen molar-refractivity contribution in [1.29, 1.82) is 0 Å². The second kappa shape index (κ2) is 7.53. The van der Waals surface area contributed by atoms with Gasteiger partial charge in [-0.25, -0.2) is 0 Å². The molecule has 0 radical (unpaired) electrons. The van der Waals surface area contributed by atoms with E-state index in [-0.39, 0.29) is 0 Å². The molecule has 5 rings (SSSR count). The Hall–Kier alpha value is -4.26. The van der Waals surface area contributed by atoms with Crippen molar-refractivity contribution in [3.63, 3.8) is 0 Å². The Labute approximate surface area is 178 Å². The Morgan fingerprint density at radius 2 is 1.84 bits per heavy atom. The van der Waals surface area contributed by atoms with Crippen LogP contribution in [-0.4, -0.2) is 40.0 Å². The molecule has 3 aromatic carbocycles. The molecule has 2 heterocycles. The molecule has 0 unspecified atom stereocenters. The summed E-state index contributed by atoms with van der Waals surface area (Å²) in [6.45, 7) is 0. The normalized spacial score (nSPS) is 11.0. The first-order valence-electron chi connectivity index (χ1n) is 9.75. The number of rotatable bonds is 5. The molecule has 31 heavy (non-hydrogen) atoms. The second-order valence-corrected chi connectivity index (χ2v) is 7.17. The number of hydrogen-bond acceptors (Lipinski definition) is 6. The van der Waals surface area contributed by atoms with Gasteiger partial charge in [-0.3, -0.25) is 9.20 Å². The van der Waals surface area contributed by atoms with Crippen LogP contribution in [0.15, 0.2) is 73.1 Å². The minimum Gasteiger partial charge on any atom is -0.497 e. The molecule has 0 N–H and O–H groups in total. The van der Waals surface area contributed by atoms with E-state index in [4.69, 9.17) is 9.72 Å². The van der Waals surface area contributed by atoms with Gasteiger partial charge in [0.15, 0.2) is 0 Å². The predicted octanol–water partition coefficient (Wildman–Crippen LogP) is 4.53. The quantitative estimate of drug-likeness (QED) is 0.397. The Kier molecular flexibility index (Phi) is 4.55. The van der Waals surface area contributed by atoms with Crippen molar-refractivity contribution in [3.05, 3.63) is 78.6 Å². The van der Waals surface area contributed by atoms with Crippen LogP contribution in [0.25, 0.3) is 27.8 Å². The van der Waals surface area contributed by atoms with Crippen molar-refractivity contribution in [2.24, 2.45) is 0 Å². The summed E-state index contributed by atoms with van der Waals surface area (Å²) in [5, 5.41) is 9.00. The molecule has 0 bridgehead atoms. The van der Waals surface area contributed by atoms with Crippen LogP contribution in [0.3, 0.4) is 0 Å². The zero-order chi connectivity index (χ0) is 21.4. The van der Waals surface area contributed by atoms with Crippen molar-refractivity contribution in [2.75, 3.05) is 19.1 Å². The third kappa shape index (κ3) is 3.26. The standard InChI is InChI=1S/C24H19N5O2/c1-28(19-5-3-4-18(13-19)17-7-9-20(31-2)10-8-17)23-21-11-6-16(14-30)12-22(21)29-15-25-27-24(29)26-23/h3-15H,1-2H3. The number of fused-ring (bicyclic) bond motifs is 3. The number of carbonyl (C=O) groups excluding carboxylic acids is 1. The lowest BCUT2D eigenvalue weighted by Gasteiger charge is -2.21. The van der Waals surface area contributed by atoms with Crippen molar-refractivity contribution in [3.8, 4) is 16.9 Å². The van der Waals surface area contributed by atoms with Crippen LogP contribution in [0.2, 0.25) is 0 Å². The van der Waals surface area contributed by atoms with Gasteiger partial charge in [-0.1, -0.05) is 30.3 Å². The van der Waals surface area contributed by atoms with Gasteiger partial charge >= 0.3 is 0 Å². The third-order valence-electron chi connectivity index (χ3n) is 5.37. The van der Waals surface area contributed by atoms with E-state index in [1.165, 1.54) is 0 Å². The molecule has 0 aliphatic carbocycles. The fourth-order valence-corrected chi connectivity index (χ4v) is 3.70. The molecule has 7 nitrogen and oxygen atoms in total. The lowest BCUT2D eigenvalue weighted by molar-refractivity contribution is 0.112. The van der Waals surface area contributed by atoms with Crippen LogP contribution in [0.1, 0.15) is 10.4 Å². The number of methoxy groups -OCH3 is 1. The number of hydrogen-bond donors (Lipinski definition) is 0. The molecule has 2 aromatic heterocycles. The Balaban J connectivity index is 1.62. The highest BCUT2D eigenvalue weighted by molar-refractivity contribution is 5.96. The summed E-state index contributed by atoms with van der Waals surface area (Å²) in [4.78, 5) is 18.1. The molecular weight excluding hydrogens is 390 g/mol. The maximum atomic E-state index is 11.3. The Morgan fingerprint density at radius 1 is 1.00 bits per heavy atom. The van der Waals surface area contributed by atoms with Crippen LogP contribution in [0, 0.1) is 0 Å². The fraction of sp³-hybridized carbons (Fsp3) is 0.0833. The van der Waals surface area contributed by atoms with Gasteiger partial charge in [0.2, 0.25) is 0 Å². The first kappa shape index (κ1) is 18.7. The maximum Gasteiger partial charge on any atom is 0.257 e. The Morgan fingerprint density at radius 3 is 2.61 bits per heavy atom. The zero-order valence-corrected chi connectivity index (χ0v) is 17.1. The van der Waals surface area contributed by atoms with Crippen molar-refractivity contribution in [2.45, 2.75) is 0 Å². The van der Waals surface area contributed by atoms with E-state index >= 15 is 0 Å². The number of benzene rings is 3. The zero-order valence-electron chi connectivity index (χ0n) is 17.1. The van der Waals surface area contributed by atoms with Gasteiger partial charge < -0.3 is 9.64 Å². The largest absolute Gasteiger partial charge is 0.497 e. The maximum absolute atomic E-state index is 11.3. The van der Waals surface area contributed by atoms with E-state index in [2.05, 4.69) is 22.3 Å². The van der Waals surface area contributed by atoms with Gasteiger partial charge in [0, 0.05) is 23.7 Å². The number of nitrogens with zero attached hydrogens (tertiary/aromatic N) is 5. The lowest BCUT2D eigenvalue weighted by atomic mass is 10.0. The van der Waals surface area contributed by atoms with E-state index in [0.29, 0.717) is 11.3 Å². The van der Waals surface area contributed by atoms with E-state index < -0.39 is 0 Å². The van der Waals surface area contributed by atoms with E-state index in [1.807, 2.05) is 60.5 Å². The minimum atomic E-state index is 0.476. The van der Waals surface area contributed by atoms with Crippen LogP contribution in [0.4, 0.5) is 11.5 Å². The number of anilines is 2. The smallest absolute Gasteiger partial charge is 0.257 e. The molecule has 0 saturated carbocycles. The topological polar surface area (TPSA) is 72.6 Å². The molecule has 0 aliphatic rings. The molecule has 5 aromatic rings. The average Bonchev–Trinajstić information content (AvgIpc) is 3.32. The Bertz CT molecular complexity index is 1410. The molecule has 152 valence electrons. The summed E-state index contributed by atoms with van der Waals surface area (Å²) in [5.41, 5.74) is 4.57. The van der Waals surface area contributed by atoms with Crippen molar-refractivity contribution >= 4 is 34.5 Å². The van der Waals surface area contributed by atoms with Gasteiger partial charge in [-0.15, -0.1) is 10.2 Å². The highest BCUT2D eigenvalue weighted by Gasteiger charge is 2.15. The van der Waals surface area contributed by atoms with Gasteiger partial charge in [0.1, 0.15) is 24.2 Å². The molecule has 0 saturated heterocycles. The summed E-state index contributed by atoms with van der Waals surface area (Å²) >= 11 is 0. The van der Waals surface area contributed by atoms with Gasteiger partial charge in [-0.05, 0) is 47.5 Å². The van der Waals surface area contributed by atoms with E-state index in [1.54, 1.807) is 23.9 Å². The molecule has 0 amide bonds. The SMILES string of the molecule is COc1ccc(-c2cccc(N(C)c3nc4nncn4c4cc(C=O)ccc34)c2)cc1. The number of aromatic nitrogens is 4. The summed E-state index contributed by atoms with van der Waals surface area (Å²) in [6, 6.07) is 21.7. The summed E-state index contributed by atoms with van der Waals surface area (Å²) < 4.78 is 7.04. The fourth-order valence-electron chi connectivity index (χ4n) is 3.70. The molecule has 0 fully saturated rings. The highest BCUT2D eigenvalue weighted by Crippen LogP contribution is 2.33. The van der Waals surface area contributed by atoms with Gasteiger partial charge in [-0.2, -0.15) is 4.98 Å². The molecule has 0 atom stereocenters. The molecule has 7 heteroatoms. The lowest BCUT2D eigenvalue weighted by Crippen LogP contribution is -2.13. The van der Waals surface area contributed by atoms with E-state index in [0.717, 1.165) is 45.6 Å².